The highest BCUT2D eigenvalue weighted by Gasteiger charge is 2.24. The molecule has 6 aromatic carbocycles. The van der Waals surface area contributed by atoms with E-state index in [-0.39, 0.29) is 0 Å². The Hall–Kier alpha value is -3.73. The molecule has 0 spiro atoms. The predicted octanol–water partition coefficient (Wildman–Crippen LogP) is 7.98. The molecule has 0 saturated heterocycles. The first-order valence-corrected chi connectivity index (χ1v) is 13.6. The highest BCUT2D eigenvalue weighted by Crippen LogP contribution is 2.43. The lowest BCUT2D eigenvalue weighted by Crippen LogP contribution is -2.22. The van der Waals surface area contributed by atoms with Gasteiger partial charge in [0.25, 0.3) is 0 Å². The number of benzene rings is 6. The molecule has 0 aromatic heterocycles. The molecule has 6 rings (SSSR count). The SMILES string of the molecule is CCc1ccc2ccccc2c1-c1c(P(c2ccccc2)c2ccccc2)ccc2ccccc12. The summed E-state index contributed by atoms with van der Waals surface area (Å²) < 4.78 is 0. The molecule has 0 aliphatic rings. The van der Waals surface area contributed by atoms with Crippen LogP contribution in [-0.2, 0) is 6.42 Å². The van der Waals surface area contributed by atoms with Crippen molar-refractivity contribution in [2.24, 2.45) is 0 Å². The maximum atomic E-state index is 2.39. The van der Waals surface area contributed by atoms with Gasteiger partial charge < -0.3 is 0 Å². The average molecular weight is 467 g/mol. The van der Waals surface area contributed by atoms with Gasteiger partial charge in [-0.3, -0.25) is 0 Å². The molecule has 1 heteroatoms. The standard InChI is InChI=1S/C34H27P/c1-2-25-21-22-26-13-9-11-19-30(26)33(25)34-31-20-12-10-14-27(31)23-24-32(34)35(28-15-5-3-6-16-28)29-17-7-4-8-18-29/h3-24H,2H2,1H3. The summed E-state index contributed by atoms with van der Waals surface area (Å²) in [5.41, 5.74) is 4.17. The van der Waals surface area contributed by atoms with E-state index in [2.05, 4.69) is 140 Å². The monoisotopic (exact) mass is 466 g/mol. The zero-order chi connectivity index (χ0) is 23.6. The van der Waals surface area contributed by atoms with Crippen LogP contribution < -0.4 is 15.9 Å². The maximum absolute atomic E-state index is 2.39. The lowest BCUT2D eigenvalue weighted by atomic mass is 9.89. The van der Waals surface area contributed by atoms with Crippen LogP contribution in [0.15, 0.2) is 133 Å². The zero-order valence-electron chi connectivity index (χ0n) is 19.9. The molecule has 0 nitrogen and oxygen atoms in total. The van der Waals surface area contributed by atoms with Crippen molar-refractivity contribution < 1.29 is 0 Å². The molecule has 0 aliphatic heterocycles. The molecule has 0 aliphatic carbocycles. The summed E-state index contributed by atoms with van der Waals surface area (Å²) in [6.07, 6.45) is 0.997. The summed E-state index contributed by atoms with van der Waals surface area (Å²) in [4.78, 5) is 0. The Balaban J connectivity index is 1.77. The van der Waals surface area contributed by atoms with Crippen molar-refractivity contribution in [3.8, 4) is 11.1 Å². The number of hydrogen-bond acceptors (Lipinski definition) is 0. The third-order valence-electron chi connectivity index (χ3n) is 6.82. The Kier molecular flexibility index (Phi) is 5.91. The summed E-state index contributed by atoms with van der Waals surface area (Å²) in [5.74, 6) is 0. The van der Waals surface area contributed by atoms with Crippen molar-refractivity contribution in [1.82, 2.24) is 0 Å². The quantitative estimate of drug-likeness (QED) is 0.226. The van der Waals surface area contributed by atoms with Gasteiger partial charge in [0, 0.05) is 0 Å². The van der Waals surface area contributed by atoms with Crippen LogP contribution in [0.2, 0.25) is 0 Å². The molecule has 6 aromatic rings. The zero-order valence-corrected chi connectivity index (χ0v) is 20.8. The molecule has 0 heterocycles. The number of rotatable bonds is 5. The third kappa shape index (κ3) is 3.95. The Morgan fingerprint density at radius 3 is 1.51 bits per heavy atom. The first-order chi connectivity index (χ1) is 17.3. The molecule has 0 radical (unpaired) electrons. The molecule has 168 valence electrons. The van der Waals surface area contributed by atoms with E-state index in [1.54, 1.807) is 0 Å². The summed E-state index contributed by atoms with van der Waals surface area (Å²) in [6, 6.07) is 49.1. The van der Waals surface area contributed by atoms with Gasteiger partial charge in [0.05, 0.1) is 0 Å². The van der Waals surface area contributed by atoms with Crippen LogP contribution in [-0.4, -0.2) is 0 Å². The second kappa shape index (κ2) is 9.49. The molecular weight excluding hydrogens is 439 g/mol. The molecule has 0 fully saturated rings. The van der Waals surface area contributed by atoms with Crippen molar-refractivity contribution in [3.63, 3.8) is 0 Å². The van der Waals surface area contributed by atoms with Crippen molar-refractivity contribution in [1.29, 1.82) is 0 Å². The number of aryl methyl sites for hydroxylation is 1. The smallest absolute Gasteiger partial charge is 0.00127 e. The fourth-order valence-electron chi connectivity index (χ4n) is 5.20. The second-order valence-electron chi connectivity index (χ2n) is 8.86. The van der Waals surface area contributed by atoms with Gasteiger partial charge in [-0.15, -0.1) is 0 Å². The normalized spacial score (nSPS) is 11.4. The Morgan fingerprint density at radius 2 is 0.943 bits per heavy atom. The van der Waals surface area contributed by atoms with E-state index in [9.17, 15) is 0 Å². The van der Waals surface area contributed by atoms with Gasteiger partial charge in [-0.05, 0) is 68.5 Å². The van der Waals surface area contributed by atoms with E-state index in [0.29, 0.717) is 0 Å². The van der Waals surface area contributed by atoms with Gasteiger partial charge >= 0.3 is 0 Å². The van der Waals surface area contributed by atoms with E-state index >= 15 is 0 Å². The second-order valence-corrected chi connectivity index (χ2v) is 11.0. The first kappa shape index (κ1) is 21.8. The average Bonchev–Trinajstić information content (AvgIpc) is 2.94. The van der Waals surface area contributed by atoms with E-state index in [4.69, 9.17) is 0 Å². The molecule has 35 heavy (non-hydrogen) atoms. The van der Waals surface area contributed by atoms with Gasteiger partial charge in [0.2, 0.25) is 0 Å². The summed E-state index contributed by atoms with van der Waals surface area (Å²) >= 11 is 0. The van der Waals surface area contributed by atoms with E-state index in [1.807, 2.05) is 0 Å². The molecule has 0 N–H and O–H groups in total. The minimum absolute atomic E-state index is 0.736. The fraction of sp³-hybridized carbons (Fsp3) is 0.0588. The third-order valence-corrected chi connectivity index (χ3v) is 9.31. The van der Waals surface area contributed by atoms with Crippen LogP contribution >= 0.6 is 7.92 Å². The Morgan fingerprint density at radius 1 is 0.457 bits per heavy atom. The van der Waals surface area contributed by atoms with Crippen molar-refractivity contribution in [2.75, 3.05) is 0 Å². The maximum Gasteiger partial charge on any atom is -0.00127 e. The molecule has 0 atom stereocenters. The Labute approximate surface area is 208 Å². The van der Waals surface area contributed by atoms with Crippen LogP contribution in [0.5, 0.6) is 0 Å². The van der Waals surface area contributed by atoms with Crippen molar-refractivity contribution >= 4 is 45.4 Å². The Bertz CT molecular complexity index is 1580. The highest BCUT2D eigenvalue weighted by atomic mass is 31.1. The van der Waals surface area contributed by atoms with E-state index in [1.165, 1.54) is 54.1 Å². The van der Waals surface area contributed by atoms with Gasteiger partial charge in [-0.2, -0.15) is 0 Å². The topological polar surface area (TPSA) is 0 Å². The molecule has 0 saturated carbocycles. The van der Waals surface area contributed by atoms with Gasteiger partial charge in [0.15, 0.2) is 0 Å². The van der Waals surface area contributed by atoms with Gasteiger partial charge in [-0.1, -0.05) is 140 Å². The van der Waals surface area contributed by atoms with Crippen molar-refractivity contribution in [2.45, 2.75) is 13.3 Å². The van der Waals surface area contributed by atoms with Crippen molar-refractivity contribution in [3.05, 3.63) is 139 Å². The van der Waals surface area contributed by atoms with Crippen LogP contribution in [0.25, 0.3) is 32.7 Å². The minimum Gasteiger partial charge on any atom is -0.0622 e. The van der Waals surface area contributed by atoms with E-state index < -0.39 is 7.92 Å². The van der Waals surface area contributed by atoms with Crippen LogP contribution in [0, 0.1) is 0 Å². The predicted molar refractivity (Wildman–Crippen MR) is 155 cm³/mol. The van der Waals surface area contributed by atoms with Gasteiger partial charge in [0.1, 0.15) is 0 Å². The summed E-state index contributed by atoms with van der Waals surface area (Å²) in [6.45, 7) is 2.27. The van der Waals surface area contributed by atoms with Crippen LogP contribution in [0.1, 0.15) is 12.5 Å². The fourth-order valence-corrected chi connectivity index (χ4v) is 7.67. The molecular formula is C34H27P. The lowest BCUT2D eigenvalue weighted by molar-refractivity contribution is 1.15. The summed E-state index contributed by atoms with van der Waals surface area (Å²) in [5, 5.41) is 9.42. The number of hydrogen-bond donors (Lipinski definition) is 0. The first-order valence-electron chi connectivity index (χ1n) is 12.3. The van der Waals surface area contributed by atoms with Crippen LogP contribution in [0.3, 0.4) is 0 Å². The minimum atomic E-state index is -0.736. The van der Waals surface area contributed by atoms with Crippen LogP contribution in [0.4, 0.5) is 0 Å². The molecule has 0 unspecified atom stereocenters. The van der Waals surface area contributed by atoms with Gasteiger partial charge in [-0.25, -0.2) is 0 Å². The lowest BCUT2D eigenvalue weighted by Gasteiger charge is -2.25. The largest absolute Gasteiger partial charge is 0.0622 e. The number of fused-ring (bicyclic) bond motifs is 2. The molecule has 0 bridgehead atoms. The highest BCUT2D eigenvalue weighted by molar-refractivity contribution is 7.80. The van der Waals surface area contributed by atoms with E-state index in [0.717, 1.165) is 6.42 Å². The summed E-state index contributed by atoms with van der Waals surface area (Å²) in [7, 11) is -0.736. The molecule has 0 amide bonds.